The molecular formula is C5H5N3O2. The third-order valence-electron chi connectivity index (χ3n) is 1.03. The molecule has 1 heterocycles. The Morgan fingerprint density at radius 1 is 1.70 bits per heavy atom. The molecule has 0 saturated heterocycles. The van der Waals surface area contributed by atoms with Crippen LogP contribution in [0.15, 0.2) is 11.1 Å². The average Bonchev–Trinajstić information content (AvgIpc) is 1.95. The second-order valence-corrected chi connectivity index (χ2v) is 1.65. The van der Waals surface area contributed by atoms with Gasteiger partial charge in [0, 0.05) is 0 Å². The number of anilines is 1. The number of H-pyrrole nitrogens is 1. The Kier molecular flexibility index (Phi) is 1.49. The van der Waals surface area contributed by atoms with E-state index in [1.54, 1.807) is 0 Å². The maximum atomic E-state index is 10.6. The van der Waals surface area contributed by atoms with Crippen molar-refractivity contribution in [3.8, 4) is 0 Å². The van der Waals surface area contributed by atoms with E-state index in [0.717, 1.165) is 6.33 Å². The number of carbonyl (C=O) groups excluding carboxylic acids is 1. The molecule has 5 nitrogen and oxygen atoms in total. The van der Waals surface area contributed by atoms with Gasteiger partial charge in [0.25, 0.3) is 5.56 Å². The minimum Gasteiger partial charge on any atom is -0.392 e. The summed E-state index contributed by atoms with van der Waals surface area (Å²) in [6, 6.07) is 0. The Balaban J connectivity index is 3.41. The molecule has 0 saturated carbocycles. The lowest BCUT2D eigenvalue weighted by atomic mass is 10.4. The monoisotopic (exact) mass is 139 g/mol. The van der Waals surface area contributed by atoms with Crippen LogP contribution in [-0.2, 0) is 0 Å². The number of nitrogens with one attached hydrogen (secondary N) is 1. The van der Waals surface area contributed by atoms with Crippen molar-refractivity contribution in [1.29, 1.82) is 0 Å². The van der Waals surface area contributed by atoms with E-state index in [2.05, 4.69) is 9.97 Å². The fourth-order valence-corrected chi connectivity index (χ4v) is 0.518. The fraction of sp³-hybridized carbons (Fsp3) is 0. The number of aromatic amines is 1. The number of rotatable bonds is 1. The Labute approximate surface area is 55.9 Å². The number of nitrogens with two attached hydrogens (primary N) is 1. The smallest absolute Gasteiger partial charge is 0.274 e. The lowest BCUT2D eigenvalue weighted by Gasteiger charge is -1.91. The largest absolute Gasteiger partial charge is 0.392 e. The SMILES string of the molecule is Nc1c(C=O)nc[nH]c1=O. The first kappa shape index (κ1) is 6.47. The minimum absolute atomic E-state index is 0.0243. The molecule has 0 aliphatic rings. The molecule has 0 aromatic carbocycles. The van der Waals surface area contributed by atoms with Crippen molar-refractivity contribution in [1.82, 2.24) is 9.97 Å². The molecule has 0 aliphatic heterocycles. The first-order valence-electron chi connectivity index (χ1n) is 2.54. The van der Waals surface area contributed by atoms with Crippen molar-refractivity contribution >= 4 is 12.0 Å². The summed E-state index contributed by atoms with van der Waals surface area (Å²) in [5.41, 5.74) is 4.50. The third-order valence-corrected chi connectivity index (χ3v) is 1.03. The van der Waals surface area contributed by atoms with Crippen molar-refractivity contribution in [2.45, 2.75) is 0 Å². The van der Waals surface area contributed by atoms with Crippen molar-refractivity contribution < 1.29 is 4.79 Å². The highest BCUT2D eigenvalue weighted by atomic mass is 16.1. The zero-order valence-electron chi connectivity index (χ0n) is 5.00. The van der Waals surface area contributed by atoms with Crippen LogP contribution in [0.4, 0.5) is 5.69 Å². The summed E-state index contributed by atoms with van der Waals surface area (Å²) in [4.78, 5) is 26.4. The number of aldehydes is 1. The molecule has 52 valence electrons. The van der Waals surface area contributed by atoms with Crippen LogP contribution in [0.5, 0.6) is 0 Å². The summed E-state index contributed by atoms with van der Waals surface area (Å²) in [6.45, 7) is 0. The van der Waals surface area contributed by atoms with E-state index in [1.165, 1.54) is 0 Å². The molecule has 1 aromatic rings. The topological polar surface area (TPSA) is 88.8 Å². The van der Waals surface area contributed by atoms with E-state index in [-0.39, 0.29) is 11.4 Å². The number of aromatic nitrogens is 2. The van der Waals surface area contributed by atoms with Crippen LogP contribution < -0.4 is 11.3 Å². The summed E-state index contributed by atoms with van der Waals surface area (Å²) >= 11 is 0. The van der Waals surface area contributed by atoms with Gasteiger partial charge < -0.3 is 10.7 Å². The van der Waals surface area contributed by atoms with Gasteiger partial charge >= 0.3 is 0 Å². The maximum absolute atomic E-state index is 10.6. The van der Waals surface area contributed by atoms with Crippen LogP contribution >= 0.6 is 0 Å². The van der Waals surface area contributed by atoms with Crippen LogP contribution in [0.1, 0.15) is 10.5 Å². The summed E-state index contributed by atoms with van der Waals surface area (Å²) in [7, 11) is 0. The molecule has 0 amide bonds. The van der Waals surface area contributed by atoms with Crippen molar-refractivity contribution in [2.75, 3.05) is 5.73 Å². The van der Waals surface area contributed by atoms with E-state index >= 15 is 0 Å². The predicted molar refractivity (Wildman–Crippen MR) is 34.7 cm³/mol. The van der Waals surface area contributed by atoms with Gasteiger partial charge in [0.2, 0.25) is 0 Å². The van der Waals surface area contributed by atoms with Crippen LogP contribution in [-0.4, -0.2) is 16.3 Å². The molecule has 0 spiro atoms. The van der Waals surface area contributed by atoms with E-state index < -0.39 is 5.56 Å². The highest BCUT2D eigenvalue weighted by Gasteiger charge is 2.00. The summed E-state index contributed by atoms with van der Waals surface area (Å²) in [5.74, 6) is 0. The van der Waals surface area contributed by atoms with E-state index in [9.17, 15) is 9.59 Å². The van der Waals surface area contributed by atoms with Crippen molar-refractivity contribution in [3.63, 3.8) is 0 Å². The van der Waals surface area contributed by atoms with Gasteiger partial charge in [-0.25, -0.2) is 4.98 Å². The first-order chi connectivity index (χ1) is 4.75. The van der Waals surface area contributed by atoms with Crippen molar-refractivity contribution in [3.05, 3.63) is 22.4 Å². The second kappa shape index (κ2) is 2.30. The van der Waals surface area contributed by atoms with E-state index in [4.69, 9.17) is 5.73 Å². The van der Waals surface area contributed by atoms with E-state index in [1.807, 2.05) is 0 Å². The number of nitrogen functional groups attached to an aromatic ring is 1. The molecule has 0 aliphatic carbocycles. The Hall–Kier alpha value is -1.65. The van der Waals surface area contributed by atoms with Gasteiger partial charge in [0.15, 0.2) is 6.29 Å². The quantitative estimate of drug-likeness (QED) is 0.496. The number of hydrogen-bond acceptors (Lipinski definition) is 4. The Morgan fingerprint density at radius 3 is 2.90 bits per heavy atom. The van der Waals surface area contributed by atoms with E-state index in [0.29, 0.717) is 6.29 Å². The second-order valence-electron chi connectivity index (χ2n) is 1.65. The number of nitrogens with zero attached hydrogens (tertiary/aromatic N) is 1. The maximum Gasteiger partial charge on any atom is 0.274 e. The molecule has 0 bridgehead atoms. The minimum atomic E-state index is -0.489. The molecule has 0 atom stereocenters. The summed E-state index contributed by atoms with van der Waals surface area (Å²) < 4.78 is 0. The van der Waals surface area contributed by atoms with Crippen LogP contribution in [0.2, 0.25) is 0 Å². The Bertz CT molecular complexity index is 304. The molecule has 3 N–H and O–H groups in total. The van der Waals surface area contributed by atoms with Crippen LogP contribution in [0.25, 0.3) is 0 Å². The number of carbonyl (C=O) groups is 1. The zero-order valence-corrected chi connectivity index (χ0v) is 5.00. The molecule has 1 aromatic heterocycles. The predicted octanol–water partition coefficient (Wildman–Crippen LogP) is -0.835. The normalized spacial score (nSPS) is 9.20. The molecule has 5 heteroatoms. The molecule has 0 radical (unpaired) electrons. The lowest BCUT2D eigenvalue weighted by molar-refractivity contribution is 0.111. The Morgan fingerprint density at radius 2 is 2.40 bits per heavy atom. The van der Waals surface area contributed by atoms with Crippen LogP contribution in [0.3, 0.4) is 0 Å². The number of hydrogen-bond donors (Lipinski definition) is 2. The van der Waals surface area contributed by atoms with Gasteiger partial charge in [0.1, 0.15) is 11.4 Å². The fourth-order valence-electron chi connectivity index (χ4n) is 0.518. The molecule has 10 heavy (non-hydrogen) atoms. The average molecular weight is 139 g/mol. The summed E-state index contributed by atoms with van der Waals surface area (Å²) in [5, 5.41) is 0. The van der Waals surface area contributed by atoms with Gasteiger partial charge in [-0.3, -0.25) is 9.59 Å². The lowest BCUT2D eigenvalue weighted by Crippen LogP contribution is -2.14. The standard InChI is InChI=1S/C5H5N3O2/c6-4-3(1-9)7-2-8-5(4)10/h1-2H,6H2,(H,7,8,10). The van der Waals surface area contributed by atoms with Gasteiger partial charge in [-0.05, 0) is 0 Å². The highest BCUT2D eigenvalue weighted by Crippen LogP contribution is 1.93. The summed E-state index contributed by atoms with van der Waals surface area (Å²) in [6.07, 6.45) is 1.56. The van der Waals surface area contributed by atoms with Gasteiger partial charge in [-0.15, -0.1) is 0 Å². The van der Waals surface area contributed by atoms with Gasteiger partial charge in [0.05, 0.1) is 6.33 Å². The molecule has 1 rings (SSSR count). The highest BCUT2D eigenvalue weighted by molar-refractivity contribution is 5.79. The van der Waals surface area contributed by atoms with Crippen molar-refractivity contribution in [2.24, 2.45) is 0 Å². The van der Waals surface area contributed by atoms with Crippen LogP contribution in [0, 0.1) is 0 Å². The zero-order chi connectivity index (χ0) is 7.56. The van der Waals surface area contributed by atoms with Gasteiger partial charge in [-0.1, -0.05) is 0 Å². The third kappa shape index (κ3) is 0.883. The first-order valence-corrected chi connectivity index (χ1v) is 2.54. The molecule has 0 fully saturated rings. The van der Waals surface area contributed by atoms with Gasteiger partial charge in [-0.2, -0.15) is 0 Å². The molecular weight excluding hydrogens is 134 g/mol. The molecule has 0 unspecified atom stereocenters.